The molecule has 33 heavy (non-hydrogen) atoms. The molecule has 0 unspecified atom stereocenters. The van der Waals surface area contributed by atoms with Gasteiger partial charge in [-0.1, -0.05) is 24.3 Å². The Hall–Kier alpha value is -3.61. The number of aromatic nitrogens is 2. The number of para-hydroxylation sites is 1. The summed E-state index contributed by atoms with van der Waals surface area (Å²) in [7, 11) is 7.09. The number of nitrogens with zero attached hydrogens (tertiary/aromatic N) is 4. The van der Waals surface area contributed by atoms with Gasteiger partial charge in [-0.05, 0) is 49.1 Å². The first-order chi connectivity index (χ1) is 15.9. The highest BCUT2D eigenvalue weighted by molar-refractivity contribution is 5.98. The molecule has 7 heteroatoms. The van der Waals surface area contributed by atoms with E-state index in [-0.39, 0.29) is 11.9 Å². The van der Waals surface area contributed by atoms with Crippen LogP contribution >= 0.6 is 0 Å². The van der Waals surface area contributed by atoms with Gasteiger partial charge in [0.15, 0.2) is 0 Å². The van der Waals surface area contributed by atoms with Crippen molar-refractivity contribution >= 4 is 11.9 Å². The van der Waals surface area contributed by atoms with Crippen molar-refractivity contribution < 1.29 is 14.3 Å². The van der Waals surface area contributed by atoms with Crippen LogP contribution in [-0.4, -0.2) is 55.6 Å². The molecule has 0 bridgehead atoms. The summed E-state index contributed by atoms with van der Waals surface area (Å²) in [6.07, 6.45) is 3.59. The summed E-state index contributed by atoms with van der Waals surface area (Å²) in [6, 6.07) is 13.4. The van der Waals surface area contributed by atoms with E-state index < -0.39 is 0 Å². The normalized spacial score (nSPS) is 15.4. The van der Waals surface area contributed by atoms with Gasteiger partial charge in [0.1, 0.15) is 11.5 Å². The van der Waals surface area contributed by atoms with E-state index in [4.69, 9.17) is 14.5 Å². The number of hydrogen-bond donors (Lipinski definition) is 0. The van der Waals surface area contributed by atoms with Crippen LogP contribution in [-0.2, 0) is 0 Å². The van der Waals surface area contributed by atoms with E-state index in [9.17, 15) is 4.79 Å². The number of amides is 1. The highest BCUT2D eigenvalue weighted by Gasteiger charge is 2.35. The Balaban J connectivity index is 1.80. The molecular weight excluding hydrogens is 416 g/mol. The fraction of sp³-hybridized carbons (Fsp3) is 0.346. The minimum atomic E-state index is -0.161. The molecule has 3 aromatic rings. The number of aryl methyl sites for hydroxylation is 1. The molecule has 172 valence electrons. The molecule has 1 fully saturated rings. The number of benzene rings is 2. The van der Waals surface area contributed by atoms with E-state index in [0.717, 1.165) is 41.0 Å². The van der Waals surface area contributed by atoms with Crippen LogP contribution in [0, 0.1) is 6.92 Å². The Kier molecular flexibility index (Phi) is 6.49. The third-order valence-corrected chi connectivity index (χ3v) is 6.06. The number of anilines is 1. The summed E-state index contributed by atoms with van der Waals surface area (Å²) in [5, 5.41) is 0. The molecule has 1 aromatic heterocycles. The number of methoxy groups -OCH3 is 2. The quantitative estimate of drug-likeness (QED) is 0.555. The molecule has 0 saturated carbocycles. The van der Waals surface area contributed by atoms with E-state index >= 15 is 0 Å². The first-order valence-electron chi connectivity index (χ1n) is 11.1. The van der Waals surface area contributed by atoms with Crippen LogP contribution in [0.3, 0.4) is 0 Å². The second kappa shape index (κ2) is 9.48. The van der Waals surface area contributed by atoms with Crippen LogP contribution in [0.2, 0.25) is 0 Å². The van der Waals surface area contributed by atoms with Crippen LogP contribution in [0.1, 0.15) is 40.5 Å². The Bertz CT molecular complexity index is 1160. The Morgan fingerprint density at radius 1 is 1.12 bits per heavy atom. The summed E-state index contributed by atoms with van der Waals surface area (Å²) in [5.74, 6) is 1.96. The Morgan fingerprint density at radius 2 is 1.91 bits per heavy atom. The zero-order valence-corrected chi connectivity index (χ0v) is 19.8. The van der Waals surface area contributed by atoms with Crippen molar-refractivity contribution in [2.45, 2.75) is 25.8 Å². The maximum absolute atomic E-state index is 13.7. The predicted molar refractivity (Wildman–Crippen MR) is 129 cm³/mol. The summed E-state index contributed by atoms with van der Waals surface area (Å²) < 4.78 is 11.0. The van der Waals surface area contributed by atoms with Crippen LogP contribution in [0.5, 0.6) is 11.5 Å². The van der Waals surface area contributed by atoms with E-state index in [1.54, 1.807) is 14.2 Å². The number of hydrogen-bond acceptors (Lipinski definition) is 6. The van der Waals surface area contributed by atoms with Crippen LogP contribution < -0.4 is 14.4 Å². The van der Waals surface area contributed by atoms with E-state index in [1.165, 1.54) is 0 Å². The molecule has 0 radical (unpaired) electrons. The summed E-state index contributed by atoms with van der Waals surface area (Å²) in [5.41, 5.74) is 4.23. The van der Waals surface area contributed by atoms with Crippen LogP contribution in [0.25, 0.3) is 11.1 Å². The average Bonchev–Trinajstić information content (AvgIpc) is 3.33. The molecule has 1 amide bonds. The van der Waals surface area contributed by atoms with Gasteiger partial charge in [-0.25, -0.2) is 9.97 Å². The fourth-order valence-electron chi connectivity index (χ4n) is 4.41. The van der Waals surface area contributed by atoms with Gasteiger partial charge in [0.2, 0.25) is 5.95 Å². The second-order valence-corrected chi connectivity index (χ2v) is 8.41. The number of carbonyl (C=O) groups excluding carboxylic acids is 1. The van der Waals surface area contributed by atoms with Crippen molar-refractivity contribution in [1.82, 2.24) is 14.9 Å². The number of carbonyl (C=O) groups is 1. The maximum atomic E-state index is 13.7. The molecule has 0 N–H and O–H groups in total. The van der Waals surface area contributed by atoms with Gasteiger partial charge >= 0.3 is 0 Å². The van der Waals surface area contributed by atoms with Crippen molar-refractivity contribution in [1.29, 1.82) is 0 Å². The molecular formula is C26H30N4O3. The van der Waals surface area contributed by atoms with Gasteiger partial charge in [0, 0.05) is 32.4 Å². The maximum Gasteiger partial charge on any atom is 0.258 e. The molecule has 1 saturated heterocycles. The van der Waals surface area contributed by atoms with Gasteiger partial charge in [-0.15, -0.1) is 0 Å². The third-order valence-electron chi connectivity index (χ3n) is 6.06. The molecule has 0 spiro atoms. The summed E-state index contributed by atoms with van der Waals surface area (Å²) in [4.78, 5) is 27.0. The highest BCUT2D eigenvalue weighted by Crippen LogP contribution is 2.39. The first kappa shape index (κ1) is 22.6. The summed E-state index contributed by atoms with van der Waals surface area (Å²) in [6.45, 7) is 2.62. The van der Waals surface area contributed by atoms with Crippen molar-refractivity contribution in [2.24, 2.45) is 0 Å². The number of likely N-dealkylation sites (tertiary alicyclic amines) is 1. The van der Waals surface area contributed by atoms with E-state index in [2.05, 4.69) is 4.98 Å². The lowest BCUT2D eigenvalue weighted by Crippen LogP contribution is -2.32. The second-order valence-electron chi connectivity index (χ2n) is 8.41. The lowest BCUT2D eigenvalue weighted by Gasteiger charge is -2.27. The zero-order valence-electron chi connectivity index (χ0n) is 19.8. The zero-order chi connectivity index (χ0) is 23.5. The van der Waals surface area contributed by atoms with E-state index in [0.29, 0.717) is 23.8 Å². The molecule has 1 atom stereocenters. The number of rotatable bonds is 6. The topological polar surface area (TPSA) is 67.8 Å². The van der Waals surface area contributed by atoms with Crippen LogP contribution in [0.15, 0.2) is 48.7 Å². The minimum Gasteiger partial charge on any atom is -0.497 e. The van der Waals surface area contributed by atoms with Crippen molar-refractivity contribution in [2.75, 3.05) is 39.8 Å². The molecule has 2 heterocycles. The average molecular weight is 447 g/mol. The molecule has 4 rings (SSSR count). The number of ether oxygens (including phenoxy) is 2. The fourth-order valence-corrected chi connectivity index (χ4v) is 4.41. The van der Waals surface area contributed by atoms with Crippen molar-refractivity contribution in [3.05, 3.63) is 65.5 Å². The van der Waals surface area contributed by atoms with Gasteiger partial charge in [-0.3, -0.25) is 4.79 Å². The summed E-state index contributed by atoms with van der Waals surface area (Å²) >= 11 is 0. The van der Waals surface area contributed by atoms with Crippen molar-refractivity contribution in [3.63, 3.8) is 0 Å². The highest BCUT2D eigenvalue weighted by atomic mass is 16.5. The minimum absolute atomic E-state index is 0.0420. The third kappa shape index (κ3) is 4.35. The SMILES string of the molecule is COc1cccc(-c2cnc(N(C)C)nc2[C@H]2CCCN2C(=O)c2cccc(C)c2OC)c1. The van der Waals surface area contributed by atoms with Gasteiger partial charge in [0.05, 0.1) is 31.5 Å². The smallest absolute Gasteiger partial charge is 0.258 e. The van der Waals surface area contributed by atoms with Crippen LogP contribution in [0.4, 0.5) is 5.95 Å². The van der Waals surface area contributed by atoms with Gasteiger partial charge in [0.25, 0.3) is 5.91 Å². The van der Waals surface area contributed by atoms with Crippen molar-refractivity contribution in [3.8, 4) is 22.6 Å². The Morgan fingerprint density at radius 3 is 2.64 bits per heavy atom. The standard InChI is InChI=1S/C26H30N4O3/c1-17-9-6-12-20(24(17)33-5)25(31)30-14-8-13-22(30)23-21(16-27-26(28-23)29(2)3)18-10-7-11-19(15-18)32-4/h6-7,9-12,15-16,22H,8,13-14H2,1-5H3/t22-/m1/s1. The molecule has 7 nitrogen and oxygen atoms in total. The molecule has 0 aliphatic carbocycles. The first-order valence-corrected chi connectivity index (χ1v) is 11.1. The van der Waals surface area contributed by atoms with Gasteiger partial charge < -0.3 is 19.3 Å². The molecule has 1 aliphatic rings. The van der Waals surface area contributed by atoms with Gasteiger partial charge in [-0.2, -0.15) is 0 Å². The predicted octanol–water partition coefficient (Wildman–Crippen LogP) is 4.51. The van der Waals surface area contributed by atoms with E-state index in [1.807, 2.05) is 79.5 Å². The largest absolute Gasteiger partial charge is 0.497 e. The molecule has 2 aromatic carbocycles. The Labute approximate surface area is 195 Å². The molecule has 1 aliphatic heterocycles. The lowest BCUT2D eigenvalue weighted by molar-refractivity contribution is 0.0729. The monoisotopic (exact) mass is 446 g/mol. The lowest BCUT2D eigenvalue weighted by atomic mass is 9.99.